The highest BCUT2D eigenvalue weighted by Gasteiger charge is 2.50. The number of hydrogen-bond acceptors (Lipinski definition) is 3. The Bertz CT molecular complexity index is 385. The van der Waals surface area contributed by atoms with E-state index in [1.807, 2.05) is 11.0 Å². The Hall–Kier alpha value is -0.900. The first-order valence-corrected chi connectivity index (χ1v) is 7.39. The van der Waals surface area contributed by atoms with Crippen LogP contribution >= 0.6 is 0 Å². The summed E-state index contributed by atoms with van der Waals surface area (Å²) in [6.45, 7) is 0.705. The normalized spacial score (nSPS) is 43.3. The third kappa shape index (κ3) is 1.54. The smallest absolute Gasteiger partial charge is 0.137 e. The fourth-order valence-corrected chi connectivity index (χ4v) is 5.43. The Labute approximate surface area is 108 Å². The predicted octanol–water partition coefficient (Wildman–Crippen LogP) is 1.85. The maximum atomic E-state index is 6.06. The molecule has 4 bridgehead atoms. The van der Waals surface area contributed by atoms with Crippen LogP contribution in [0.3, 0.4) is 0 Å². The summed E-state index contributed by atoms with van der Waals surface area (Å²) in [5, 5.41) is 4.35. The standard InChI is InChI=1S/C14H22N4/c15-6-13(18-8-16-7-17-18)14-11-2-9-1-10(4-11)5-12(14)3-9/h7-14H,1-6,15H2. The summed E-state index contributed by atoms with van der Waals surface area (Å²) in [5.41, 5.74) is 6.06. The second-order valence-electron chi connectivity index (χ2n) is 6.69. The largest absolute Gasteiger partial charge is 0.328 e. The molecule has 4 aliphatic rings. The Morgan fingerprint density at radius 1 is 1.11 bits per heavy atom. The minimum absolute atomic E-state index is 0.377. The molecule has 4 heteroatoms. The third-order valence-electron chi connectivity index (χ3n) is 5.76. The summed E-state index contributed by atoms with van der Waals surface area (Å²) in [7, 11) is 0. The minimum Gasteiger partial charge on any atom is -0.328 e. The molecule has 1 atom stereocenters. The van der Waals surface area contributed by atoms with Gasteiger partial charge in [-0.15, -0.1) is 0 Å². The highest BCUT2D eigenvalue weighted by molar-refractivity contribution is 5.01. The molecule has 98 valence electrons. The first kappa shape index (κ1) is 11.0. The Morgan fingerprint density at radius 2 is 1.78 bits per heavy atom. The lowest BCUT2D eigenvalue weighted by Crippen LogP contribution is -2.49. The molecule has 4 aliphatic carbocycles. The van der Waals surface area contributed by atoms with Gasteiger partial charge in [-0.05, 0) is 61.7 Å². The van der Waals surface area contributed by atoms with Gasteiger partial charge in [-0.1, -0.05) is 0 Å². The first-order valence-electron chi connectivity index (χ1n) is 7.39. The molecular formula is C14H22N4. The number of aromatic nitrogens is 3. The maximum Gasteiger partial charge on any atom is 0.137 e. The van der Waals surface area contributed by atoms with E-state index in [2.05, 4.69) is 10.1 Å². The van der Waals surface area contributed by atoms with Gasteiger partial charge >= 0.3 is 0 Å². The van der Waals surface area contributed by atoms with Crippen molar-refractivity contribution in [1.29, 1.82) is 0 Å². The van der Waals surface area contributed by atoms with Crippen molar-refractivity contribution in [2.24, 2.45) is 35.3 Å². The van der Waals surface area contributed by atoms with Crippen LogP contribution in [0.1, 0.15) is 38.1 Å². The van der Waals surface area contributed by atoms with E-state index >= 15 is 0 Å². The number of hydrogen-bond donors (Lipinski definition) is 1. The average molecular weight is 246 g/mol. The van der Waals surface area contributed by atoms with Crippen LogP contribution in [-0.4, -0.2) is 21.3 Å². The van der Waals surface area contributed by atoms with Crippen LogP contribution in [0.5, 0.6) is 0 Å². The lowest BCUT2D eigenvalue weighted by molar-refractivity contribution is -0.0587. The molecule has 1 aromatic rings. The maximum absolute atomic E-state index is 6.06. The van der Waals surface area contributed by atoms with Crippen LogP contribution < -0.4 is 5.73 Å². The lowest BCUT2D eigenvalue weighted by Gasteiger charge is -2.56. The highest BCUT2D eigenvalue weighted by atomic mass is 15.3. The lowest BCUT2D eigenvalue weighted by atomic mass is 9.50. The van der Waals surface area contributed by atoms with Gasteiger partial charge in [0, 0.05) is 6.54 Å². The first-order chi connectivity index (χ1) is 8.85. The fraction of sp³-hybridized carbons (Fsp3) is 0.857. The second-order valence-corrected chi connectivity index (χ2v) is 6.69. The van der Waals surface area contributed by atoms with Gasteiger partial charge in [0.2, 0.25) is 0 Å². The zero-order chi connectivity index (χ0) is 12.1. The predicted molar refractivity (Wildman–Crippen MR) is 68.6 cm³/mol. The van der Waals surface area contributed by atoms with E-state index < -0.39 is 0 Å². The summed E-state index contributed by atoms with van der Waals surface area (Å²) < 4.78 is 2.02. The van der Waals surface area contributed by atoms with Crippen molar-refractivity contribution in [3.8, 4) is 0 Å². The zero-order valence-corrected chi connectivity index (χ0v) is 10.8. The van der Waals surface area contributed by atoms with Gasteiger partial charge in [-0.3, -0.25) is 0 Å². The minimum atomic E-state index is 0.377. The number of nitrogens with two attached hydrogens (primary N) is 1. The van der Waals surface area contributed by atoms with Gasteiger partial charge in [0.15, 0.2) is 0 Å². The van der Waals surface area contributed by atoms with Gasteiger partial charge in [0.25, 0.3) is 0 Å². The van der Waals surface area contributed by atoms with E-state index in [4.69, 9.17) is 5.73 Å². The van der Waals surface area contributed by atoms with Gasteiger partial charge in [0.1, 0.15) is 12.7 Å². The molecule has 0 saturated heterocycles. The second kappa shape index (κ2) is 4.05. The molecule has 0 radical (unpaired) electrons. The zero-order valence-electron chi connectivity index (χ0n) is 10.8. The molecule has 18 heavy (non-hydrogen) atoms. The van der Waals surface area contributed by atoms with E-state index in [-0.39, 0.29) is 0 Å². The molecular weight excluding hydrogens is 224 g/mol. The summed E-state index contributed by atoms with van der Waals surface area (Å²) in [6.07, 6.45) is 10.8. The summed E-state index contributed by atoms with van der Waals surface area (Å²) in [5.74, 6) is 4.61. The van der Waals surface area contributed by atoms with Crippen molar-refractivity contribution < 1.29 is 0 Å². The van der Waals surface area contributed by atoms with Gasteiger partial charge in [-0.2, -0.15) is 5.10 Å². The van der Waals surface area contributed by atoms with Crippen LogP contribution in [0.4, 0.5) is 0 Å². The average Bonchev–Trinajstić information content (AvgIpc) is 2.86. The number of nitrogens with zero attached hydrogens (tertiary/aromatic N) is 3. The molecule has 0 aromatic carbocycles. The van der Waals surface area contributed by atoms with Crippen LogP contribution in [0.2, 0.25) is 0 Å². The van der Waals surface area contributed by atoms with Crippen LogP contribution in [-0.2, 0) is 0 Å². The van der Waals surface area contributed by atoms with E-state index in [0.29, 0.717) is 12.6 Å². The summed E-state index contributed by atoms with van der Waals surface area (Å²) >= 11 is 0. The Kier molecular flexibility index (Phi) is 2.47. The SMILES string of the molecule is NCC(C1C2CC3CC(C2)CC1C3)n1cncn1. The molecule has 4 fully saturated rings. The third-order valence-corrected chi connectivity index (χ3v) is 5.76. The van der Waals surface area contributed by atoms with Crippen LogP contribution in [0.25, 0.3) is 0 Å². The summed E-state index contributed by atoms with van der Waals surface area (Å²) in [6, 6.07) is 0.377. The Balaban J connectivity index is 1.64. The van der Waals surface area contributed by atoms with Crippen LogP contribution in [0.15, 0.2) is 12.7 Å². The molecule has 5 rings (SSSR count). The fourth-order valence-electron chi connectivity index (χ4n) is 5.43. The highest BCUT2D eigenvalue weighted by Crippen LogP contribution is 2.58. The van der Waals surface area contributed by atoms with Crippen molar-refractivity contribution in [3.05, 3.63) is 12.7 Å². The molecule has 4 saturated carbocycles. The van der Waals surface area contributed by atoms with Gasteiger partial charge < -0.3 is 5.73 Å². The topological polar surface area (TPSA) is 56.7 Å². The van der Waals surface area contributed by atoms with E-state index in [1.54, 1.807) is 6.33 Å². The molecule has 1 heterocycles. The van der Waals surface area contributed by atoms with Crippen LogP contribution in [0, 0.1) is 29.6 Å². The monoisotopic (exact) mass is 246 g/mol. The van der Waals surface area contributed by atoms with Crippen molar-refractivity contribution in [2.45, 2.75) is 38.1 Å². The molecule has 0 aliphatic heterocycles. The van der Waals surface area contributed by atoms with Crippen molar-refractivity contribution >= 4 is 0 Å². The van der Waals surface area contributed by atoms with E-state index in [9.17, 15) is 0 Å². The summed E-state index contributed by atoms with van der Waals surface area (Å²) in [4.78, 5) is 4.10. The van der Waals surface area contributed by atoms with E-state index in [1.165, 1.54) is 32.1 Å². The Morgan fingerprint density at radius 3 is 2.28 bits per heavy atom. The van der Waals surface area contributed by atoms with Crippen molar-refractivity contribution in [2.75, 3.05) is 6.54 Å². The number of rotatable bonds is 3. The van der Waals surface area contributed by atoms with Gasteiger partial charge in [-0.25, -0.2) is 9.67 Å². The van der Waals surface area contributed by atoms with Crippen molar-refractivity contribution in [3.63, 3.8) is 0 Å². The van der Waals surface area contributed by atoms with Crippen molar-refractivity contribution in [1.82, 2.24) is 14.8 Å². The van der Waals surface area contributed by atoms with Gasteiger partial charge in [0.05, 0.1) is 6.04 Å². The molecule has 1 aromatic heterocycles. The molecule has 4 nitrogen and oxygen atoms in total. The molecule has 1 unspecified atom stereocenters. The molecule has 0 spiro atoms. The molecule has 0 amide bonds. The quantitative estimate of drug-likeness (QED) is 0.885. The van der Waals surface area contributed by atoms with E-state index in [0.717, 1.165) is 29.6 Å². The molecule has 2 N–H and O–H groups in total.